The van der Waals surface area contributed by atoms with Crippen LogP contribution in [0.15, 0.2) is 24.4 Å². The SMILES string of the molecule is Cn1ccc(COc2c(Cl)cc(Cl)cc2C=O)n1. The number of nitrogens with zero attached hydrogens (tertiary/aromatic N) is 2. The van der Waals surface area contributed by atoms with Crippen LogP contribution in [0.4, 0.5) is 0 Å². The van der Waals surface area contributed by atoms with E-state index in [2.05, 4.69) is 5.10 Å². The van der Waals surface area contributed by atoms with Crippen molar-refractivity contribution in [1.29, 1.82) is 0 Å². The van der Waals surface area contributed by atoms with E-state index in [-0.39, 0.29) is 6.61 Å². The number of hydrogen-bond donors (Lipinski definition) is 0. The van der Waals surface area contributed by atoms with Crippen LogP contribution < -0.4 is 4.74 Å². The minimum atomic E-state index is 0.239. The summed E-state index contributed by atoms with van der Waals surface area (Å²) in [5.74, 6) is 0.321. The first-order valence-electron chi connectivity index (χ1n) is 5.15. The van der Waals surface area contributed by atoms with Crippen LogP contribution in [-0.4, -0.2) is 16.1 Å². The number of ether oxygens (including phenoxy) is 1. The molecule has 1 heterocycles. The maximum atomic E-state index is 10.9. The molecule has 0 saturated carbocycles. The Bertz CT molecular complexity index is 581. The van der Waals surface area contributed by atoms with Crippen LogP contribution in [-0.2, 0) is 13.7 Å². The zero-order valence-corrected chi connectivity index (χ0v) is 11.1. The molecule has 1 aromatic heterocycles. The first kappa shape index (κ1) is 12.9. The molecule has 0 aliphatic carbocycles. The molecule has 0 aliphatic rings. The van der Waals surface area contributed by atoms with E-state index in [9.17, 15) is 4.79 Å². The fraction of sp³-hybridized carbons (Fsp3) is 0.167. The Kier molecular flexibility index (Phi) is 3.89. The smallest absolute Gasteiger partial charge is 0.153 e. The molecule has 94 valence electrons. The third-order valence-electron chi connectivity index (χ3n) is 2.30. The summed E-state index contributed by atoms with van der Waals surface area (Å²) in [7, 11) is 1.82. The Morgan fingerprint density at radius 2 is 2.22 bits per heavy atom. The number of halogens is 2. The second-order valence-corrected chi connectivity index (χ2v) is 4.54. The highest BCUT2D eigenvalue weighted by Gasteiger charge is 2.11. The van der Waals surface area contributed by atoms with Crippen LogP contribution in [0.1, 0.15) is 16.1 Å². The van der Waals surface area contributed by atoms with Gasteiger partial charge in [-0.15, -0.1) is 0 Å². The molecule has 2 rings (SSSR count). The van der Waals surface area contributed by atoms with Gasteiger partial charge in [-0.3, -0.25) is 9.48 Å². The van der Waals surface area contributed by atoms with E-state index in [0.29, 0.717) is 27.6 Å². The zero-order chi connectivity index (χ0) is 13.1. The molecule has 0 N–H and O–H groups in total. The monoisotopic (exact) mass is 284 g/mol. The van der Waals surface area contributed by atoms with Crippen molar-refractivity contribution in [3.8, 4) is 5.75 Å². The molecule has 6 heteroatoms. The van der Waals surface area contributed by atoms with Crippen molar-refractivity contribution in [3.05, 3.63) is 45.7 Å². The second-order valence-electron chi connectivity index (χ2n) is 3.69. The summed E-state index contributed by atoms with van der Waals surface area (Å²) < 4.78 is 7.18. The van der Waals surface area contributed by atoms with Crippen molar-refractivity contribution >= 4 is 29.5 Å². The molecule has 18 heavy (non-hydrogen) atoms. The summed E-state index contributed by atoms with van der Waals surface area (Å²) in [6, 6.07) is 4.86. The van der Waals surface area contributed by atoms with Crippen molar-refractivity contribution in [3.63, 3.8) is 0 Å². The molecule has 0 unspecified atom stereocenters. The molecule has 4 nitrogen and oxygen atoms in total. The standard InChI is InChI=1S/C12H10Cl2N2O2/c1-16-3-2-10(15-16)7-18-12-8(6-17)4-9(13)5-11(12)14/h2-6H,7H2,1H3. The van der Waals surface area contributed by atoms with Gasteiger partial charge in [0.1, 0.15) is 12.4 Å². The number of benzene rings is 1. The van der Waals surface area contributed by atoms with Crippen LogP contribution in [0.3, 0.4) is 0 Å². The first-order chi connectivity index (χ1) is 8.60. The van der Waals surface area contributed by atoms with Gasteiger partial charge in [0.25, 0.3) is 0 Å². The fourth-order valence-electron chi connectivity index (χ4n) is 1.51. The second kappa shape index (κ2) is 5.42. The zero-order valence-electron chi connectivity index (χ0n) is 9.56. The molecule has 0 radical (unpaired) electrons. The van der Waals surface area contributed by atoms with E-state index >= 15 is 0 Å². The molecule has 0 fully saturated rings. The Balaban J connectivity index is 2.20. The molecular formula is C12H10Cl2N2O2. The van der Waals surface area contributed by atoms with Gasteiger partial charge in [0.2, 0.25) is 0 Å². The number of hydrogen-bond acceptors (Lipinski definition) is 3. The van der Waals surface area contributed by atoms with Crippen molar-refractivity contribution in [2.45, 2.75) is 6.61 Å². The highest BCUT2D eigenvalue weighted by molar-refractivity contribution is 6.36. The number of aldehydes is 1. The topological polar surface area (TPSA) is 44.1 Å². The van der Waals surface area contributed by atoms with Gasteiger partial charge in [-0.05, 0) is 18.2 Å². The Labute approximate surface area is 114 Å². The summed E-state index contributed by atoms with van der Waals surface area (Å²) in [5.41, 5.74) is 1.07. The predicted molar refractivity (Wildman–Crippen MR) is 69.4 cm³/mol. The van der Waals surface area contributed by atoms with E-state index in [0.717, 1.165) is 5.69 Å². The van der Waals surface area contributed by atoms with Gasteiger partial charge in [0, 0.05) is 18.3 Å². The third kappa shape index (κ3) is 2.83. The van der Waals surface area contributed by atoms with E-state index < -0.39 is 0 Å². The third-order valence-corrected chi connectivity index (χ3v) is 2.80. The minimum absolute atomic E-state index is 0.239. The lowest BCUT2D eigenvalue weighted by Gasteiger charge is -2.09. The summed E-state index contributed by atoms with van der Waals surface area (Å²) in [5, 5.41) is 4.86. The molecule has 0 bridgehead atoms. The highest BCUT2D eigenvalue weighted by atomic mass is 35.5. The summed E-state index contributed by atoms with van der Waals surface area (Å²) in [6.07, 6.45) is 2.47. The van der Waals surface area contributed by atoms with Gasteiger partial charge in [-0.2, -0.15) is 5.10 Å². The van der Waals surface area contributed by atoms with Gasteiger partial charge in [-0.1, -0.05) is 23.2 Å². The van der Waals surface area contributed by atoms with Crippen molar-refractivity contribution in [1.82, 2.24) is 9.78 Å². The average Bonchev–Trinajstić information content (AvgIpc) is 2.73. The minimum Gasteiger partial charge on any atom is -0.485 e. The molecule has 0 saturated heterocycles. The van der Waals surface area contributed by atoms with E-state index in [4.69, 9.17) is 27.9 Å². The molecule has 1 aromatic carbocycles. The van der Waals surface area contributed by atoms with Gasteiger partial charge in [-0.25, -0.2) is 0 Å². The predicted octanol–water partition coefficient (Wildman–Crippen LogP) is 3.12. The normalized spacial score (nSPS) is 10.4. The highest BCUT2D eigenvalue weighted by Crippen LogP contribution is 2.31. The molecule has 2 aromatic rings. The van der Waals surface area contributed by atoms with Crippen LogP contribution in [0.25, 0.3) is 0 Å². The number of carbonyl (C=O) groups excluding carboxylic acids is 1. The van der Waals surface area contributed by atoms with Crippen LogP contribution in [0.2, 0.25) is 10.0 Å². The first-order valence-corrected chi connectivity index (χ1v) is 5.91. The van der Waals surface area contributed by atoms with Crippen LogP contribution in [0, 0.1) is 0 Å². The van der Waals surface area contributed by atoms with Crippen LogP contribution >= 0.6 is 23.2 Å². The van der Waals surface area contributed by atoms with E-state index in [1.54, 1.807) is 4.68 Å². The number of aromatic nitrogens is 2. The van der Waals surface area contributed by atoms with Gasteiger partial charge in [0.15, 0.2) is 6.29 Å². The Morgan fingerprint density at radius 3 is 2.83 bits per heavy atom. The molecule has 0 atom stereocenters. The molecule has 0 aliphatic heterocycles. The molecule has 0 spiro atoms. The number of rotatable bonds is 4. The quantitative estimate of drug-likeness (QED) is 0.811. The number of aryl methyl sites for hydroxylation is 1. The fourth-order valence-corrected chi connectivity index (χ4v) is 2.07. The average molecular weight is 285 g/mol. The van der Waals surface area contributed by atoms with Gasteiger partial charge in [0.05, 0.1) is 16.3 Å². The lowest BCUT2D eigenvalue weighted by molar-refractivity contribution is 0.111. The molecule has 0 amide bonds. The largest absolute Gasteiger partial charge is 0.485 e. The Hall–Kier alpha value is -1.52. The maximum Gasteiger partial charge on any atom is 0.153 e. The van der Waals surface area contributed by atoms with Crippen molar-refractivity contribution in [2.24, 2.45) is 7.05 Å². The lowest BCUT2D eigenvalue weighted by Crippen LogP contribution is -2.00. The Morgan fingerprint density at radius 1 is 1.44 bits per heavy atom. The molecular weight excluding hydrogens is 275 g/mol. The summed E-state index contributed by atoms with van der Waals surface area (Å²) >= 11 is 11.8. The number of carbonyl (C=O) groups is 1. The summed E-state index contributed by atoms with van der Waals surface area (Å²) in [4.78, 5) is 10.9. The van der Waals surface area contributed by atoms with E-state index in [1.165, 1.54) is 12.1 Å². The maximum absolute atomic E-state index is 10.9. The summed E-state index contributed by atoms with van der Waals surface area (Å²) in [6.45, 7) is 0.239. The van der Waals surface area contributed by atoms with Crippen molar-refractivity contribution < 1.29 is 9.53 Å². The van der Waals surface area contributed by atoms with E-state index in [1.807, 2.05) is 19.3 Å². The van der Waals surface area contributed by atoms with Gasteiger partial charge < -0.3 is 4.74 Å². The van der Waals surface area contributed by atoms with Gasteiger partial charge >= 0.3 is 0 Å². The van der Waals surface area contributed by atoms with Crippen molar-refractivity contribution in [2.75, 3.05) is 0 Å². The lowest BCUT2D eigenvalue weighted by atomic mass is 10.2. The van der Waals surface area contributed by atoms with Crippen LogP contribution in [0.5, 0.6) is 5.75 Å².